The zero-order valence-electron chi connectivity index (χ0n) is 12.7. The standard InChI is InChI=1S/C17H17ClN2O3/c1-19-16(21)12-4-2-11(3-5-12)10-20(13-6-7-13)17(22)14-8-9-15(18)23-14/h2-5,8-9,13H,6-7,10H2,1H3,(H,19,21). The molecule has 1 aromatic carbocycles. The van der Waals surface area contributed by atoms with Crippen LogP contribution in [0.15, 0.2) is 40.8 Å². The second-order valence-corrected chi connectivity index (χ2v) is 5.92. The summed E-state index contributed by atoms with van der Waals surface area (Å²) < 4.78 is 5.23. The molecule has 2 amide bonds. The van der Waals surface area contributed by atoms with Crippen molar-refractivity contribution in [2.24, 2.45) is 0 Å². The number of halogens is 1. The molecule has 3 rings (SSSR count). The lowest BCUT2D eigenvalue weighted by Crippen LogP contribution is -2.32. The lowest BCUT2D eigenvalue weighted by molar-refractivity contribution is 0.0697. The van der Waals surface area contributed by atoms with E-state index in [-0.39, 0.29) is 28.8 Å². The Hall–Kier alpha value is -2.27. The van der Waals surface area contributed by atoms with Crippen molar-refractivity contribution in [1.82, 2.24) is 10.2 Å². The van der Waals surface area contributed by atoms with E-state index in [4.69, 9.17) is 16.0 Å². The van der Waals surface area contributed by atoms with Gasteiger partial charge in [-0.05, 0) is 54.3 Å². The highest BCUT2D eigenvalue weighted by Crippen LogP contribution is 2.30. The van der Waals surface area contributed by atoms with Crippen molar-refractivity contribution < 1.29 is 14.0 Å². The number of benzene rings is 1. The summed E-state index contributed by atoms with van der Waals surface area (Å²) in [6.45, 7) is 0.482. The summed E-state index contributed by atoms with van der Waals surface area (Å²) in [7, 11) is 1.60. The maximum Gasteiger partial charge on any atom is 0.290 e. The smallest absolute Gasteiger partial charge is 0.290 e. The number of nitrogens with one attached hydrogen (secondary N) is 1. The van der Waals surface area contributed by atoms with Crippen LogP contribution < -0.4 is 5.32 Å². The first-order chi connectivity index (χ1) is 11.1. The molecule has 0 unspecified atom stereocenters. The van der Waals surface area contributed by atoms with E-state index in [9.17, 15) is 9.59 Å². The van der Waals surface area contributed by atoms with Gasteiger partial charge in [0.1, 0.15) is 0 Å². The summed E-state index contributed by atoms with van der Waals surface area (Å²) in [5.74, 6) is -0.0319. The Morgan fingerprint density at radius 3 is 2.43 bits per heavy atom. The molecule has 0 aliphatic heterocycles. The fourth-order valence-electron chi connectivity index (χ4n) is 2.43. The van der Waals surface area contributed by atoms with E-state index in [1.807, 2.05) is 12.1 Å². The number of furan rings is 1. The predicted octanol–water partition coefficient (Wildman–Crippen LogP) is 3.10. The van der Waals surface area contributed by atoms with Crippen LogP contribution in [0, 0.1) is 0 Å². The molecule has 120 valence electrons. The summed E-state index contributed by atoms with van der Waals surface area (Å²) in [6, 6.07) is 10.6. The number of carbonyl (C=O) groups excluding carboxylic acids is 2. The highest BCUT2D eigenvalue weighted by atomic mass is 35.5. The Labute approximate surface area is 139 Å². The molecule has 0 bridgehead atoms. The number of rotatable bonds is 5. The minimum atomic E-state index is -0.158. The molecule has 6 heteroatoms. The zero-order valence-corrected chi connectivity index (χ0v) is 13.5. The number of carbonyl (C=O) groups is 2. The van der Waals surface area contributed by atoms with E-state index in [0.717, 1.165) is 18.4 Å². The Morgan fingerprint density at radius 2 is 1.91 bits per heavy atom. The molecular weight excluding hydrogens is 316 g/mol. The van der Waals surface area contributed by atoms with Gasteiger partial charge in [-0.2, -0.15) is 0 Å². The molecule has 1 aliphatic rings. The molecule has 1 N–H and O–H groups in total. The highest BCUT2D eigenvalue weighted by molar-refractivity contribution is 6.29. The van der Waals surface area contributed by atoms with Crippen molar-refractivity contribution in [1.29, 1.82) is 0 Å². The molecular formula is C17H17ClN2O3. The summed E-state index contributed by atoms with van der Waals surface area (Å²) in [5.41, 5.74) is 1.56. The van der Waals surface area contributed by atoms with E-state index in [2.05, 4.69) is 5.32 Å². The van der Waals surface area contributed by atoms with Crippen molar-refractivity contribution in [2.45, 2.75) is 25.4 Å². The van der Waals surface area contributed by atoms with Crippen LogP contribution in [0.25, 0.3) is 0 Å². The molecule has 2 aromatic rings. The third-order valence-electron chi connectivity index (χ3n) is 3.83. The molecule has 5 nitrogen and oxygen atoms in total. The van der Waals surface area contributed by atoms with Crippen LogP contribution in [0.4, 0.5) is 0 Å². The first-order valence-corrected chi connectivity index (χ1v) is 7.83. The van der Waals surface area contributed by atoms with Crippen LogP contribution in [0.1, 0.15) is 39.3 Å². The van der Waals surface area contributed by atoms with Gasteiger partial charge in [0.2, 0.25) is 0 Å². The van der Waals surface area contributed by atoms with Crippen LogP contribution in [-0.2, 0) is 6.54 Å². The Kier molecular flexibility index (Phi) is 4.39. The van der Waals surface area contributed by atoms with Gasteiger partial charge in [-0.3, -0.25) is 9.59 Å². The minimum absolute atomic E-state index is 0.128. The van der Waals surface area contributed by atoms with Crippen LogP contribution in [0.3, 0.4) is 0 Å². The molecule has 1 aromatic heterocycles. The fourth-order valence-corrected chi connectivity index (χ4v) is 2.57. The van der Waals surface area contributed by atoms with Gasteiger partial charge in [0.15, 0.2) is 11.0 Å². The van der Waals surface area contributed by atoms with Crippen molar-refractivity contribution in [3.8, 4) is 0 Å². The lowest BCUT2D eigenvalue weighted by Gasteiger charge is -2.21. The monoisotopic (exact) mass is 332 g/mol. The number of nitrogens with zero attached hydrogens (tertiary/aromatic N) is 1. The molecule has 1 heterocycles. The van der Waals surface area contributed by atoms with Crippen LogP contribution in [0.2, 0.25) is 5.22 Å². The van der Waals surface area contributed by atoms with E-state index in [0.29, 0.717) is 12.1 Å². The molecule has 23 heavy (non-hydrogen) atoms. The number of amides is 2. The average molecular weight is 333 g/mol. The van der Waals surface area contributed by atoms with E-state index >= 15 is 0 Å². The topological polar surface area (TPSA) is 62.6 Å². The Morgan fingerprint density at radius 1 is 1.22 bits per heavy atom. The van der Waals surface area contributed by atoms with Crippen molar-refractivity contribution in [3.05, 3.63) is 58.5 Å². The van der Waals surface area contributed by atoms with Gasteiger partial charge >= 0.3 is 0 Å². The van der Waals surface area contributed by atoms with Gasteiger partial charge in [0.25, 0.3) is 11.8 Å². The minimum Gasteiger partial charge on any atom is -0.440 e. The number of hydrogen-bond acceptors (Lipinski definition) is 3. The van der Waals surface area contributed by atoms with Gasteiger partial charge in [0, 0.05) is 25.2 Å². The molecule has 1 saturated carbocycles. The summed E-state index contributed by atoms with van der Waals surface area (Å²) >= 11 is 5.75. The molecule has 1 aliphatic carbocycles. The van der Waals surface area contributed by atoms with E-state index in [1.54, 1.807) is 36.2 Å². The van der Waals surface area contributed by atoms with Gasteiger partial charge < -0.3 is 14.6 Å². The Balaban J connectivity index is 1.75. The highest BCUT2D eigenvalue weighted by Gasteiger charge is 2.34. The molecule has 0 saturated heterocycles. The SMILES string of the molecule is CNC(=O)c1ccc(CN(C(=O)c2ccc(Cl)o2)C2CC2)cc1. The maximum atomic E-state index is 12.6. The van der Waals surface area contributed by atoms with Crippen molar-refractivity contribution in [2.75, 3.05) is 7.05 Å². The van der Waals surface area contributed by atoms with E-state index in [1.165, 1.54) is 0 Å². The zero-order chi connectivity index (χ0) is 16.4. The largest absolute Gasteiger partial charge is 0.440 e. The molecule has 0 atom stereocenters. The first kappa shape index (κ1) is 15.6. The van der Waals surface area contributed by atoms with E-state index < -0.39 is 0 Å². The first-order valence-electron chi connectivity index (χ1n) is 7.46. The Bertz CT molecular complexity index is 720. The molecule has 1 fully saturated rings. The maximum absolute atomic E-state index is 12.6. The van der Waals surface area contributed by atoms with Crippen LogP contribution in [0.5, 0.6) is 0 Å². The van der Waals surface area contributed by atoms with Crippen LogP contribution in [-0.4, -0.2) is 29.8 Å². The third-order valence-corrected chi connectivity index (χ3v) is 4.03. The van der Waals surface area contributed by atoms with Crippen molar-refractivity contribution in [3.63, 3.8) is 0 Å². The van der Waals surface area contributed by atoms with Crippen LogP contribution >= 0.6 is 11.6 Å². The predicted molar refractivity (Wildman–Crippen MR) is 86.4 cm³/mol. The van der Waals surface area contributed by atoms with Gasteiger partial charge in [-0.25, -0.2) is 0 Å². The molecule has 0 radical (unpaired) electrons. The third kappa shape index (κ3) is 3.56. The summed E-state index contributed by atoms with van der Waals surface area (Å²) in [4.78, 5) is 25.9. The fraction of sp³-hybridized carbons (Fsp3) is 0.294. The second-order valence-electron chi connectivity index (χ2n) is 5.54. The van der Waals surface area contributed by atoms with Crippen molar-refractivity contribution >= 4 is 23.4 Å². The normalized spacial score (nSPS) is 13.7. The van der Waals surface area contributed by atoms with Gasteiger partial charge in [0.05, 0.1) is 0 Å². The quantitative estimate of drug-likeness (QED) is 0.915. The van der Waals surface area contributed by atoms with Gasteiger partial charge in [-0.15, -0.1) is 0 Å². The lowest BCUT2D eigenvalue weighted by atomic mass is 10.1. The average Bonchev–Trinajstić information content (AvgIpc) is 3.32. The summed E-state index contributed by atoms with van der Waals surface area (Å²) in [5, 5.41) is 2.79. The summed E-state index contributed by atoms with van der Waals surface area (Å²) in [6.07, 6.45) is 1.99. The van der Waals surface area contributed by atoms with Gasteiger partial charge in [-0.1, -0.05) is 12.1 Å². The second kappa shape index (κ2) is 6.46. The molecule has 0 spiro atoms. The number of hydrogen-bond donors (Lipinski definition) is 1.